The molecule has 0 aliphatic rings. The average Bonchev–Trinajstić information content (AvgIpc) is 3.03. The molecule has 0 N–H and O–H groups in total. The van der Waals surface area contributed by atoms with Crippen LogP contribution in [0.1, 0.15) is 48.6 Å². The lowest BCUT2D eigenvalue weighted by molar-refractivity contribution is 0.0516. The van der Waals surface area contributed by atoms with E-state index in [0.29, 0.717) is 11.3 Å². The van der Waals surface area contributed by atoms with Gasteiger partial charge in [-0.2, -0.15) is 5.10 Å². The molecule has 0 unspecified atom stereocenters. The van der Waals surface area contributed by atoms with Gasteiger partial charge in [-0.15, -0.1) is 10.2 Å². The largest absolute Gasteiger partial charge is 0.497 e. The number of aromatic nitrogens is 4. The summed E-state index contributed by atoms with van der Waals surface area (Å²) in [5.74, 6) is 0.467. The second kappa shape index (κ2) is 7.11. The van der Waals surface area contributed by atoms with E-state index in [0.717, 1.165) is 22.6 Å². The molecule has 7 nitrogen and oxygen atoms in total. The van der Waals surface area contributed by atoms with E-state index in [4.69, 9.17) is 14.6 Å². The molecule has 0 fully saturated rings. The lowest BCUT2D eigenvalue weighted by Crippen LogP contribution is -2.14. The maximum atomic E-state index is 12.1. The van der Waals surface area contributed by atoms with Crippen LogP contribution in [0.5, 0.6) is 5.75 Å². The Balaban J connectivity index is 2.22. The minimum absolute atomic E-state index is 0.179. The highest BCUT2D eigenvalue weighted by atomic mass is 16.5. The number of methoxy groups -OCH3 is 1. The zero-order valence-corrected chi connectivity index (χ0v) is 15.6. The van der Waals surface area contributed by atoms with Crippen molar-refractivity contribution >= 4 is 11.6 Å². The average molecular weight is 354 g/mol. The van der Waals surface area contributed by atoms with Gasteiger partial charge in [0.1, 0.15) is 5.75 Å². The minimum Gasteiger partial charge on any atom is -0.497 e. The summed E-state index contributed by atoms with van der Waals surface area (Å²) in [5, 5.41) is 13.1. The van der Waals surface area contributed by atoms with Gasteiger partial charge in [-0.05, 0) is 37.5 Å². The monoisotopic (exact) mass is 354 g/mol. The molecule has 0 bridgehead atoms. The number of hydrogen-bond acceptors (Lipinski definition) is 6. The van der Waals surface area contributed by atoms with Crippen LogP contribution in [0.25, 0.3) is 16.8 Å². The number of fused-ring (bicyclic) bond motifs is 1. The Morgan fingerprint density at radius 1 is 1.19 bits per heavy atom. The number of aryl methyl sites for hydroxylation is 1. The summed E-state index contributed by atoms with van der Waals surface area (Å²) < 4.78 is 12.0. The van der Waals surface area contributed by atoms with Crippen molar-refractivity contribution in [1.29, 1.82) is 0 Å². The Hall–Kier alpha value is -2.96. The molecule has 0 amide bonds. The first kappa shape index (κ1) is 17.8. The van der Waals surface area contributed by atoms with Gasteiger partial charge in [0, 0.05) is 0 Å². The van der Waals surface area contributed by atoms with Gasteiger partial charge in [0.05, 0.1) is 30.7 Å². The minimum atomic E-state index is -0.494. The van der Waals surface area contributed by atoms with Crippen molar-refractivity contribution in [2.24, 2.45) is 0 Å². The molecule has 0 spiro atoms. The number of carbonyl (C=O) groups excluding carboxylic acids is 1. The van der Waals surface area contributed by atoms with E-state index in [2.05, 4.69) is 24.0 Å². The number of nitrogens with zero attached hydrogens (tertiary/aromatic N) is 4. The SMILES string of the molecule is CCOC(=O)c1nnc2c(-c3ccc(OC)cc3)c(C(C)C)nn2c1C. The van der Waals surface area contributed by atoms with Crippen molar-refractivity contribution in [3.63, 3.8) is 0 Å². The summed E-state index contributed by atoms with van der Waals surface area (Å²) in [6.07, 6.45) is 0. The number of esters is 1. The molecule has 0 saturated heterocycles. The zero-order chi connectivity index (χ0) is 18.8. The van der Waals surface area contributed by atoms with Gasteiger partial charge in [-0.3, -0.25) is 0 Å². The number of carbonyl (C=O) groups is 1. The van der Waals surface area contributed by atoms with Crippen molar-refractivity contribution < 1.29 is 14.3 Å². The Bertz CT molecular complexity index is 946. The third-order valence-electron chi connectivity index (χ3n) is 4.19. The highest BCUT2D eigenvalue weighted by Gasteiger charge is 2.23. The van der Waals surface area contributed by atoms with E-state index in [1.807, 2.05) is 24.3 Å². The van der Waals surface area contributed by atoms with Gasteiger partial charge in [0.25, 0.3) is 0 Å². The lowest BCUT2D eigenvalue weighted by Gasteiger charge is -2.07. The fourth-order valence-electron chi connectivity index (χ4n) is 2.85. The smallest absolute Gasteiger partial charge is 0.360 e. The molecule has 0 aliphatic heterocycles. The molecule has 0 saturated carbocycles. The highest BCUT2D eigenvalue weighted by Crippen LogP contribution is 2.33. The Morgan fingerprint density at radius 3 is 2.46 bits per heavy atom. The van der Waals surface area contributed by atoms with Crippen LogP contribution in [0.4, 0.5) is 0 Å². The molecule has 2 heterocycles. The molecule has 2 aromatic heterocycles. The molecule has 0 atom stereocenters. The van der Waals surface area contributed by atoms with Crippen LogP contribution in [0, 0.1) is 6.92 Å². The van der Waals surface area contributed by atoms with E-state index in [-0.39, 0.29) is 18.2 Å². The van der Waals surface area contributed by atoms with Crippen molar-refractivity contribution in [2.75, 3.05) is 13.7 Å². The van der Waals surface area contributed by atoms with Crippen LogP contribution >= 0.6 is 0 Å². The van der Waals surface area contributed by atoms with Gasteiger partial charge >= 0.3 is 5.97 Å². The Morgan fingerprint density at radius 2 is 1.88 bits per heavy atom. The summed E-state index contributed by atoms with van der Waals surface area (Å²) in [6.45, 7) is 7.98. The van der Waals surface area contributed by atoms with E-state index >= 15 is 0 Å². The number of hydrogen-bond donors (Lipinski definition) is 0. The second-order valence-electron chi connectivity index (χ2n) is 6.23. The zero-order valence-electron chi connectivity index (χ0n) is 15.6. The first-order valence-electron chi connectivity index (χ1n) is 8.55. The van der Waals surface area contributed by atoms with E-state index in [1.54, 1.807) is 25.5 Å². The first-order chi connectivity index (χ1) is 12.5. The molecule has 3 rings (SSSR count). The maximum absolute atomic E-state index is 12.1. The standard InChI is InChI=1S/C19H22N4O3/c1-6-26-19(24)17-12(4)23-18(21-20-17)15(16(22-23)11(2)3)13-7-9-14(25-5)10-8-13/h7-11H,6H2,1-5H3. The van der Waals surface area contributed by atoms with E-state index in [1.165, 1.54) is 0 Å². The molecule has 0 aliphatic carbocycles. The number of ether oxygens (including phenoxy) is 2. The first-order valence-corrected chi connectivity index (χ1v) is 8.55. The lowest BCUT2D eigenvalue weighted by atomic mass is 9.99. The normalized spacial score (nSPS) is 11.2. The third-order valence-corrected chi connectivity index (χ3v) is 4.19. The van der Waals surface area contributed by atoms with Gasteiger partial charge < -0.3 is 9.47 Å². The molecule has 1 aromatic carbocycles. The van der Waals surface area contributed by atoms with Crippen molar-refractivity contribution in [3.05, 3.63) is 41.3 Å². The van der Waals surface area contributed by atoms with Crippen molar-refractivity contribution in [1.82, 2.24) is 19.8 Å². The molecule has 0 radical (unpaired) electrons. The van der Waals surface area contributed by atoms with Crippen molar-refractivity contribution in [3.8, 4) is 16.9 Å². The maximum Gasteiger partial charge on any atom is 0.360 e. The number of rotatable bonds is 5. The van der Waals surface area contributed by atoms with Crippen LogP contribution in [0.3, 0.4) is 0 Å². The predicted octanol–water partition coefficient (Wildman–Crippen LogP) is 3.41. The molecular formula is C19H22N4O3. The summed E-state index contributed by atoms with van der Waals surface area (Å²) in [5.41, 5.74) is 4.18. The number of benzene rings is 1. The fraction of sp³-hybridized carbons (Fsp3) is 0.368. The Kier molecular flexibility index (Phi) is 4.88. The van der Waals surface area contributed by atoms with Gasteiger partial charge in [-0.25, -0.2) is 9.31 Å². The van der Waals surface area contributed by atoms with Gasteiger partial charge in [-0.1, -0.05) is 26.0 Å². The summed E-state index contributed by atoms with van der Waals surface area (Å²) in [6, 6.07) is 7.74. The third kappa shape index (κ3) is 3.00. The van der Waals surface area contributed by atoms with Crippen LogP contribution in [-0.4, -0.2) is 39.5 Å². The highest BCUT2D eigenvalue weighted by molar-refractivity contribution is 5.89. The summed E-state index contributed by atoms with van der Waals surface area (Å²) >= 11 is 0. The van der Waals surface area contributed by atoms with E-state index in [9.17, 15) is 4.79 Å². The molecule has 7 heteroatoms. The predicted molar refractivity (Wildman–Crippen MR) is 97.6 cm³/mol. The fourth-order valence-corrected chi connectivity index (χ4v) is 2.85. The van der Waals surface area contributed by atoms with E-state index < -0.39 is 5.97 Å². The van der Waals surface area contributed by atoms with Crippen LogP contribution in [0.15, 0.2) is 24.3 Å². The summed E-state index contributed by atoms with van der Waals surface area (Å²) in [4.78, 5) is 12.1. The summed E-state index contributed by atoms with van der Waals surface area (Å²) in [7, 11) is 1.63. The molecule has 136 valence electrons. The van der Waals surface area contributed by atoms with Crippen molar-refractivity contribution in [2.45, 2.75) is 33.6 Å². The van der Waals surface area contributed by atoms with Gasteiger partial charge in [0.15, 0.2) is 11.3 Å². The Labute approximate surface area is 152 Å². The second-order valence-corrected chi connectivity index (χ2v) is 6.23. The van der Waals surface area contributed by atoms with Crippen LogP contribution in [-0.2, 0) is 4.74 Å². The topological polar surface area (TPSA) is 78.6 Å². The van der Waals surface area contributed by atoms with Gasteiger partial charge in [0.2, 0.25) is 0 Å². The quantitative estimate of drug-likeness (QED) is 0.653. The molecular weight excluding hydrogens is 332 g/mol. The van der Waals surface area contributed by atoms with Crippen LogP contribution < -0.4 is 4.74 Å². The van der Waals surface area contributed by atoms with Crippen LogP contribution in [0.2, 0.25) is 0 Å². The molecule has 26 heavy (non-hydrogen) atoms. The molecule has 3 aromatic rings.